The summed E-state index contributed by atoms with van der Waals surface area (Å²) >= 11 is 0. The predicted octanol–water partition coefficient (Wildman–Crippen LogP) is 4.28. The van der Waals surface area contributed by atoms with Gasteiger partial charge in [0.2, 0.25) is 0 Å². The quantitative estimate of drug-likeness (QED) is 0.772. The van der Waals surface area contributed by atoms with Gasteiger partial charge in [-0.05, 0) is 38.1 Å². The predicted molar refractivity (Wildman–Crippen MR) is 92.4 cm³/mol. The van der Waals surface area contributed by atoms with Gasteiger partial charge in [-0.2, -0.15) is 0 Å². The molecule has 1 heterocycles. The van der Waals surface area contributed by atoms with Crippen LogP contribution in [0.2, 0.25) is 0 Å². The van der Waals surface area contributed by atoms with Gasteiger partial charge in [0.15, 0.2) is 11.6 Å². The summed E-state index contributed by atoms with van der Waals surface area (Å²) in [6, 6.07) is 11.6. The van der Waals surface area contributed by atoms with Gasteiger partial charge < -0.3 is 10.1 Å². The number of nitrogens with zero attached hydrogens (tertiary/aromatic N) is 2. The molecule has 0 aliphatic carbocycles. The molecule has 3 rings (SSSR count). The lowest BCUT2D eigenvalue weighted by Gasteiger charge is -2.08. The Balaban J connectivity index is 1.70. The maximum atomic E-state index is 13.5. The minimum Gasteiger partial charge on any atom is -0.421 e. The van der Waals surface area contributed by atoms with Gasteiger partial charge in [-0.1, -0.05) is 29.3 Å². The largest absolute Gasteiger partial charge is 0.421 e. The van der Waals surface area contributed by atoms with Gasteiger partial charge in [-0.3, -0.25) is 4.79 Å². The Kier molecular flexibility index (Phi) is 4.70. The van der Waals surface area contributed by atoms with Crippen LogP contribution in [-0.2, 0) is 0 Å². The molecule has 1 aromatic heterocycles. The average Bonchev–Trinajstić information content (AvgIpc) is 2.58. The van der Waals surface area contributed by atoms with Crippen molar-refractivity contribution in [2.75, 3.05) is 5.32 Å². The van der Waals surface area contributed by atoms with Crippen molar-refractivity contribution in [3.05, 3.63) is 77.4 Å². The van der Waals surface area contributed by atoms with Crippen LogP contribution in [0.5, 0.6) is 11.8 Å². The molecule has 1 amide bonds. The Hall–Kier alpha value is -3.28. The number of benzene rings is 2. The van der Waals surface area contributed by atoms with Crippen LogP contribution < -0.4 is 10.1 Å². The van der Waals surface area contributed by atoms with Crippen molar-refractivity contribution in [1.82, 2.24) is 9.97 Å². The lowest BCUT2D eigenvalue weighted by atomic mass is 10.1. The van der Waals surface area contributed by atoms with Crippen LogP contribution >= 0.6 is 0 Å². The van der Waals surface area contributed by atoms with Crippen molar-refractivity contribution in [1.29, 1.82) is 0 Å². The molecule has 0 radical (unpaired) electrons. The van der Waals surface area contributed by atoms with Gasteiger partial charge in [0.05, 0.1) is 18.1 Å². The van der Waals surface area contributed by atoms with E-state index in [4.69, 9.17) is 4.74 Å². The van der Waals surface area contributed by atoms with Crippen LogP contribution in [0.1, 0.15) is 21.5 Å². The molecule has 126 valence electrons. The summed E-state index contributed by atoms with van der Waals surface area (Å²) < 4.78 is 18.8. The summed E-state index contributed by atoms with van der Waals surface area (Å²) in [5, 5.41) is 2.72. The van der Waals surface area contributed by atoms with Crippen molar-refractivity contribution in [3.8, 4) is 11.8 Å². The summed E-state index contributed by atoms with van der Waals surface area (Å²) in [4.78, 5) is 20.3. The topological polar surface area (TPSA) is 64.1 Å². The zero-order chi connectivity index (χ0) is 17.8. The van der Waals surface area contributed by atoms with Crippen LogP contribution in [0.3, 0.4) is 0 Å². The number of ether oxygens (including phenoxy) is 1. The second-order valence-electron chi connectivity index (χ2n) is 5.62. The Morgan fingerprint density at radius 1 is 1.04 bits per heavy atom. The Morgan fingerprint density at radius 3 is 2.32 bits per heavy atom. The summed E-state index contributed by atoms with van der Waals surface area (Å²) in [5.41, 5.74) is 3.00. The number of halogens is 1. The van der Waals surface area contributed by atoms with E-state index in [0.29, 0.717) is 11.3 Å². The normalized spacial score (nSPS) is 10.4. The van der Waals surface area contributed by atoms with Gasteiger partial charge in [0.25, 0.3) is 5.91 Å². The Bertz CT molecular complexity index is 891. The molecule has 0 saturated carbocycles. The number of aryl methyl sites for hydroxylation is 2. The number of nitrogens with one attached hydrogen (secondary N) is 1. The number of rotatable bonds is 4. The second kappa shape index (κ2) is 7.09. The highest BCUT2D eigenvalue weighted by atomic mass is 19.1. The van der Waals surface area contributed by atoms with Crippen LogP contribution in [0.4, 0.5) is 10.1 Å². The number of hydrogen-bond donors (Lipinski definition) is 1. The Morgan fingerprint density at radius 2 is 1.68 bits per heavy atom. The monoisotopic (exact) mass is 337 g/mol. The molecule has 2 aromatic carbocycles. The fraction of sp³-hybridized carbons (Fsp3) is 0.105. The van der Waals surface area contributed by atoms with E-state index in [2.05, 4.69) is 15.3 Å². The van der Waals surface area contributed by atoms with Crippen LogP contribution in [0.15, 0.2) is 54.9 Å². The average molecular weight is 337 g/mol. The molecule has 1 N–H and O–H groups in total. The van der Waals surface area contributed by atoms with E-state index in [1.54, 1.807) is 24.3 Å². The number of amides is 1. The van der Waals surface area contributed by atoms with E-state index < -0.39 is 5.82 Å². The highest BCUT2D eigenvalue weighted by Gasteiger charge is 2.09. The van der Waals surface area contributed by atoms with Gasteiger partial charge >= 0.3 is 6.01 Å². The molecule has 6 heteroatoms. The number of aromatic nitrogens is 2. The SMILES string of the molecule is Cc1cc(C)cc(C(=O)Nc2cnc(Oc3ccccc3F)nc2)c1. The summed E-state index contributed by atoms with van der Waals surface area (Å²) in [5.74, 6) is -0.717. The van der Waals surface area contributed by atoms with Crippen molar-refractivity contribution in [3.63, 3.8) is 0 Å². The molecule has 25 heavy (non-hydrogen) atoms. The molecule has 0 aliphatic rings. The number of para-hydroxylation sites is 1. The third-order valence-electron chi connectivity index (χ3n) is 3.41. The van der Waals surface area contributed by atoms with E-state index in [1.165, 1.54) is 24.5 Å². The molecule has 0 spiro atoms. The van der Waals surface area contributed by atoms with E-state index in [1.807, 2.05) is 19.9 Å². The first-order chi connectivity index (χ1) is 12.0. The van der Waals surface area contributed by atoms with E-state index in [9.17, 15) is 9.18 Å². The molecule has 0 saturated heterocycles. The lowest BCUT2D eigenvalue weighted by molar-refractivity contribution is 0.102. The fourth-order valence-electron chi connectivity index (χ4n) is 2.37. The minimum absolute atomic E-state index is 0.00509. The minimum atomic E-state index is -0.502. The number of hydrogen-bond acceptors (Lipinski definition) is 4. The molecular formula is C19H16FN3O2. The van der Waals surface area contributed by atoms with Crippen molar-refractivity contribution < 1.29 is 13.9 Å². The van der Waals surface area contributed by atoms with Gasteiger partial charge in [0, 0.05) is 5.56 Å². The molecule has 3 aromatic rings. The van der Waals surface area contributed by atoms with Crippen LogP contribution in [0, 0.1) is 19.7 Å². The fourth-order valence-corrected chi connectivity index (χ4v) is 2.37. The maximum absolute atomic E-state index is 13.5. The first kappa shape index (κ1) is 16.6. The van der Waals surface area contributed by atoms with Crippen LogP contribution in [0.25, 0.3) is 0 Å². The highest BCUT2D eigenvalue weighted by Crippen LogP contribution is 2.21. The van der Waals surface area contributed by atoms with Crippen molar-refractivity contribution in [2.24, 2.45) is 0 Å². The summed E-state index contributed by atoms with van der Waals surface area (Å²) in [6.07, 6.45) is 2.81. The molecule has 0 fully saturated rings. The summed E-state index contributed by atoms with van der Waals surface area (Å²) in [6.45, 7) is 3.86. The maximum Gasteiger partial charge on any atom is 0.322 e. The van der Waals surface area contributed by atoms with E-state index >= 15 is 0 Å². The number of carbonyl (C=O) groups is 1. The number of carbonyl (C=O) groups excluding carboxylic acids is 1. The Labute approximate surface area is 144 Å². The van der Waals surface area contributed by atoms with Gasteiger partial charge in [0.1, 0.15) is 0 Å². The number of anilines is 1. The molecule has 0 aliphatic heterocycles. The molecule has 0 atom stereocenters. The van der Waals surface area contributed by atoms with Crippen molar-refractivity contribution in [2.45, 2.75) is 13.8 Å². The first-order valence-corrected chi connectivity index (χ1v) is 7.65. The second-order valence-corrected chi connectivity index (χ2v) is 5.62. The van der Waals surface area contributed by atoms with Crippen molar-refractivity contribution >= 4 is 11.6 Å². The van der Waals surface area contributed by atoms with E-state index in [-0.39, 0.29) is 17.7 Å². The highest BCUT2D eigenvalue weighted by molar-refractivity contribution is 6.04. The van der Waals surface area contributed by atoms with Gasteiger partial charge in [-0.25, -0.2) is 14.4 Å². The molecule has 0 bridgehead atoms. The van der Waals surface area contributed by atoms with Gasteiger partial charge in [-0.15, -0.1) is 0 Å². The third kappa shape index (κ3) is 4.17. The lowest BCUT2D eigenvalue weighted by Crippen LogP contribution is -2.12. The van der Waals surface area contributed by atoms with E-state index in [0.717, 1.165) is 11.1 Å². The molecular weight excluding hydrogens is 321 g/mol. The summed E-state index contributed by atoms with van der Waals surface area (Å²) in [7, 11) is 0. The zero-order valence-corrected chi connectivity index (χ0v) is 13.8. The molecule has 5 nitrogen and oxygen atoms in total. The molecule has 0 unspecified atom stereocenters. The smallest absolute Gasteiger partial charge is 0.322 e. The first-order valence-electron chi connectivity index (χ1n) is 7.65. The zero-order valence-electron chi connectivity index (χ0n) is 13.8. The van der Waals surface area contributed by atoms with Crippen LogP contribution in [-0.4, -0.2) is 15.9 Å². The third-order valence-corrected chi connectivity index (χ3v) is 3.41. The standard InChI is InChI=1S/C19H16FN3O2/c1-12-7-13(2)9-14(8-12)18(24)23-15-10-21-19(22-11-15)25-17-6-4-3-5-16(17)20/h3-11H,1-2H3,(H,23,24).